The molecule has 0 atom stereocenters. The number of anilines is 1. The molecule has 0 aliphatic rings. The monoisotopic (exact) mass is 283 g/mol. The van der Waals surface area contributed by atoms with Crippen molar-refractivity contribution in [3.05, 3.63) is 65.2 Å². The number of amidine groups is 1. The van der Waals surface area contributed by atoms with Crippen LogP contribution in [0.4, 0.5) is 5.69 Å². The van der Waals surface area contributed by atoms with Gasteiger partial charge in [0.05, 0.1) is 0 Å². The van der Waals surface area contributed by atoms with Gasteiger partial charge in [0, 0.05) is 17.8 Å². The molecule has 0 heterocycles. The van der Waals surface area contributed by atoms with Crippen LogP contribution in [0, 0.1) is 0 Å². The van der Waals surface area contributed by atoms with E-state index in [0.29, 0.717) is 12.5 Å². The lowest BCUT2D eigenvalue weighted by molar-refractivity contribution is 0.318. The van der Waals surface area contributed by atoms with Crippen molar-refractivity contribution < 1.29 is 5.21 Å². The number of hydrogen-bond donors (Lipinski definition) is 3. The van der Waals surface area contributed by atoms with Crippen LogP contribution in [0.15, 0.2) is 53.7 Å². The average molecular weight is 283 g/mol. The summed E-state index contributed by atoms with van der Waals surface area (Å²) >= 11 is 0. The molecule has 4 heteroatoms. The van der Waals surface area contributed by atoms with Gasteiger partial charge in [0.1, 0.15) is 0 Å². The molecule has 0 fully saturated rings. The highest BCUT2D eigenvalue weighted by molar-refractivity contribution is 5.98. The second kappa shape index (κ2) is 6.79. The third-order valence-corrected chi connectivity index (χ3v) is 3.45. The summed E-state index contributed by atoms with van der Waals surface area (Å²) in [6.45, 7) is 4.96. The van der Waals surface area contributed by atoms with Gasteiger partial charge < -0.3 is 16.3 Å². The minimum atomic E-state index is 0.129. The molecule has 0 aliphatic carbocycles. The van der Waals surface area contributed by atoms with Crippen molar-refractivity contribution in [1.82, 2.24) is 0 Å². The first-order valence-electron chi connectivity index (χ1n) is 7.02. The number of nitrogens with zero attached hydrogens (tertiary/aromatic N) is 1. The van der Waals surface area contributed by atoms with Crippen LogP contribution in [0.1, 0.15) is 36.5 Å². The largest absolute Gasteiger partial charge is 0.409 e. The van der Waals surface area contributed by atoms with E-state index in [0.717, 1.165) is 16.8 Å². The molecule has 0 amide bonds. The molecule has 0 aliphatic heterocycles. The topological polar surface area (TPSA) is 70.6 Å². The van der Waals surface area contributed by atoms with Crippen molar-refractivity contribution in [2.45, 2.75) is 26.3 Å². The molecule has 110 valence electrons. The number of oxime groups is 1. The number of para-hydroxylation sites is 1. The summed E-state index contributed by atoms with van der Waals surface area (Å²) in [7, 11) is 0. The fourth-order valence-corrected chi connectivity index (χ4v) is 2.33. The molecular formula is C17H21N3O. The van der Waals surface area contributed by atoms with Crippen molar-refractivity contribution in [3.8, 4) is 0 Å². The Bertz CT molecular complexity index is 635. The molecule has 2 aromatic rings. The summed E-state index contributed by atoms with van der Waals surface area (Å²) in [4.78, 5) is 0. The first kappa shape index (κ1) is 14.9. The van der Waals surface area contributed by atoms with Gasteiger partial charge in [0.2, 0.25) is 0 Å². The Labute approximate surface area is 125 Å². The molecular weight excluding hydrogens is 262 g/mol. The lowest BCUT2D eigenvalue weighted by atomic mass is 10.0. The Morgan fingerprint density at radius 1 is 1.14 bits per heavy atom. The van der Waals surface area contributed by atoms with Gasteiger partial charge in [0.15, 0.2) is 5.84 Å². The van der Waals surface area contributed by atoms with E-state index in [4.69, 9.17) is 10.9 Å². The minimum Gasteiger partial charge on any atom is -0.409 e. The second-order valence-corrected chi connectivity index (χ2v) is 5.24. The highest BCUT2D eigenvalue weighted by atomic mass is 16.4. The summed E-state index contributed by atoms with van der Waals surface area (Å²) < 4.78 is 0. The third kappa shape index (κ3) is 3.54. The summed E-state index contributed by atoms with van der Waals surface area (Å²) in [5, 5.41) is 15.4. The minimum absolute atomic E-state index is 0.129. The van der Waals surface area contributed by atoms with Crippen LogP contribution in [0.3, 0.4) is 0 Å². The number of hydrogen-bond acceptors (Lipinski definition) is 3. The second-order valence-electron chi connectivity index (χ2n) is 5.24. The van der Waals surface area contributed by atoms with Gasteiger partial charge in [-0.3, -0.25) is 0 Å². The van der Waals surface area contributed by atoms with E-state index in [1.54, 1.807) is 0 Å². The van der Waals surface area contributed by atoms with Crippen LogP contribution in [0.2, 0.25) is 0 Å². The van der Waals surface area contributed by atoms with Crippen LogP contribution in [-0.4, -0.2) is 11.0 Å². The number of nitrogens with two attached hydrogens (primary N) is 1. The van der Waals surface area contributed by atoms with Crippen LogP contribution in [-0.2, 0) is 6.54 Å². The summed E-state index contributed by atoms with van der Waals surface area (Å²) in [5.74, 6) is 0.581. The third-order valence-electron chi connectivity index (χ3n) is 3.45. The van der Waals surface area contributed by atoms with Crippen molar-refractivity contribution in [3.63, 3.8) is 0 Å². The molecule has 0 unspecified atom stereocenters. The molecule has 4 N–H and O–H groups in total. The van der Waals surface area contributed by atoms with E-state index in [-0.39, 0.29) is 5.84 Å². The van der Waals surface area contributed by atoms with Gasteiger partial charge in [-0.15, -0.1) is 0 Å². The quantitative estimate of drug-likeness (QED) is 0.340. The first-order valence-corrected chi connectivity index (χ1v) is 7.02. The van der Waals surface area contributed by atoms with E-state index in [9.17, 15) is 0 Å². The number of nitrogens with one attached hydrogen (secondary N) is 1. The van der Waals surface area contributed by atoms with Crippen molar-refractivity contribution >= 4 is 11.5 Å². The predicted octanol–water partition coefficient (Wildman–Crippen LogP) is 3.52. The molecule has 21 heavy (non-hydrogen) atoms. The zero-order valence-corrected chi connectivity index (χ0v) is 12.4. The van der Waals surface area contributed by atoms with Crippen LogP contribution < -0.4 is 11.1 Å². The molecule has 0 radical (unpaired) electrons. The van der Waals surface area contributed by atoms with Crippen molar-refractivity contribution in [2.24, 2.45) is 10.9 Å². The summed E-state index contributed by atoms with van der Waals surface area (Å²) in [5.41, 5.74) is 9.84. The number of benzene rings is 2. The molecule has 0 saturated heterocycles. The first-order chi connectivity index (χ1) is 10.1. The molecule has 4 nitrogen and oxygen atoms in total. The fraction of sp³-hybridized carbons (Fsp3) is 0.235. The van der Waals surface area contributed by atoms with E-state index in [2.05, 4.69) is 36.5 Å². The van der Waals surface area contributed by atoms with Gasteiger partial charge in [0.25, 0.3) is 0 Å². The van der Waals surface area contributed by atoms with Crippen molar-refractivity contribution in [2.75, 3.05) is 5.32 Å². The van der Waals surface area contributed by atoms with E-state index < -0.39 is 0 Å². The maximum atomic E-state index is 8.86. The maximum Gasteiger partial charge on any atom is 0.170 e. The van der Waals surface area contributed by atoms with Crippen LogP contribution in [0.5, 0.6) is 0 Å². The van der Waals surface area contributed by atoms with E-state index in [1.165, 1.54) is 5.56 Å². The summed E-state index contributed by atoms with van der Waals surface area (Å²) in [6.07, 6.45) is 0. The maximum absolute atomic E-state index is 8.86. The van der Waals surface area contributed by atoms with Crippen molar-refractivity contribution in [1.29, 1.82) is 0 Å². The molecule has 0 aromatic heterocycles. The predicted molar refractivity (Wildman–Crippen MR) is 86.8 cm³/mol. The lowest BCUT2D eigenvalue weighted by Crippen LogP contribution is -2.17. The Morgan fingerprint density at radius 3 is 2.52 bits per heavy atom. The van der Waals surface area contributed by atoms with Gasteiger partial charge >= 0.3 is 0 Å². The standard InChI is InChI=1S/C17H21N3O/c1-12(2)14-8-5-6-10-16(14)19-11-13-7-3-4-9-15(13)17(18)20-21/h3-10,12,19,21H,11H2,1-2H3,(H2,18,20). The zero-order chi connectivity index (χ0) is 15.2. The molecule has 2 rings (SSSR count). The highest BCUT2D eigenvalue weighted by Gasteiger charge is 2.08. The zero-order valence-electron chi connectivity index (χ0n) is 12.4. The number of rotatable bonds is 5. The molecule has 0 spiro atoms. The molecule has 0 saturated carbocycles. The van der Waals surface area contributed by atoms with E-state index in [1.807, 2.05) is 36.4 Å². The lowest BCUT2D eigenvalue weighted by Gasteiger charge is -2.15. The van der Waals surface area contributed by atoms with Crippen LogP contribution >= 0.6 is 0 Å². The molecule has 0 bridgehead atoms. The SMILES string of the molecule is CC(C)c1ccccc1NCc1ccccc1C(N)=NO. The highest BCUT2D eigenvalue weighted by Crippen LogP contribution is 2.24. The molecule has 2 aromatic carbocycles. The van der Waals surface area contributed by atoms with Gasteiger partial charge in [-0.25, -0.2) is 0 Å². The fourth-order valence-electron chi connectivity index (χ4n) is 2.33. The van der Waals surface area contributed by atoms with E-state index >= 15 is 0 Å². The van der Waals surface area contributed by atoms with Gasteiger partial charge in [-0.05, 0) is 23.1 Å². The van der Waals surface area contributed by atoms with Gasteiger partial charge in [-0.1, -0.05) is 61.5 Å². The smallest absolute Gasteiger partial charge is 0.170 e. The average Bonchev–Trinajstić information content (AvgIpc) is 2.52. The Hall–Kier alpha value is -2.49. The van der Waals surface area contributed by atoms with Crippen LogP contribution in [0.25, 0.3) is 0 Å². The Morgan fingerprint density at radius 2 is 1.81 bits per heavy atom. The Kier molecular flexibility index (Phi) is 4.82. The Balaban J connectivity index is 2.22. The van der Waals surface area contributed by atoms with Gasteiger partial charge in [-0.2, -0.15) is 0 Å². The normalized spacial score (nSPS) is 11.7. The summed E-state index contributed by atoms with van der Waals surface area (Å²) in [6, 6.07) is 15.9.